The summed E-state index contributed by atoms with van der Waals surface area (Å²) in [6.45, 7) is 4.87. The molecule has 5 heteroatoms. The number of rotatable bonds is 8. The van der Waals surface area contributed by atoms with Crippen molar-refractivity contribution in [2.24, 2.45) is 0 Å². The van der Waals surface area contributed by atoms with Crippen LogP contribution in [0, 0.1) is 0 Å². The first kappa shape index (κ1) is 16.3. The molecule has 90 valence electrons. The van der Waals surface area contributed by atoms with Gasteiger partial charge in [-0.1, -0.05) is 13.8 Å². The van der Waals surface area contributed by atoms with Crippen molar-refractivity contribution in [3.8, 4) is 0 Å². The molecule has 1 amide bonds. The molecule has 0 saturated carbocycles. The number of carboxylic acids is 1. The standard InChI is InChI=1S/C8H16N2O3.C2H6/c1-9-5-3-2-4-7(8(12)13)10-6-11;1-2/h6-7,9H,2-5H2,1H3,(H,10,11)(H,12,13);1-2H3. The third-order valence-corrected chi connectivity index (χ3v) is 1.74. The van der Waals surface area contributed by atoms with Gasteiger partial charge in [-0.2, -0.15) is 0 Å². The fraction of sp³-hybridized carbons (Fsp3) is 0.800. The molecule has 0 aliphatic carbocycles. The maximum Gasteiger partial charge on any atom is 0.326 e. The van der Waals surface area contributed by atoms with Gasteiger partial charge in [-0.05, 0) is 32.9 Å². The summed E-state index contributed by atoms with van der Waals surface area (Å²) in [5.41, 5.74) is 0. The predicted octanol–water partition coefficient (Wildman–Crippen LogP) is 0.602. The number of carboxylic acid groups (broad SMARTS) is 1. The van der Waals surface area contributed by atoms with E-state index in [0.29, 0.717) is 12.8 Å². The quantitative estimate of drug-likeness (QED) is 0.412. The largest absolute Gasteiger partial charge is 0.480 e. The zero-order chi connectivity index (χ0) is 12.1. The van der Waals surface area contributed by atoms with Gasteiger partial charge in [0.15, 0.2) is 0 Å². The molecule has 0 aliphatic rings. The van der Waals surface area contributed by atoms with Crippen molar-refractivity contribution in [1.29, 1.82) is 0 Å². The second kappa shape index (κ2) is 12.9. The van der Waals surface area contributed by atoms with E-state index in [4.69, 9.17) is 5.11 Å². The topological polar surface area (TPSA) is 78.4 Å². The van der Waals surface area contributed by atoms with E-state index in [-0.39, 0.29) is 0 Å². The van der Waals surface area contributed by atoms with E-state index in [2.05, 4.69) is 10.6 Å². The van der Waals surface area contributed by atoms with Crippen molar-refractivity contribution in [3.63, 3.8) is 0 Å². The molecule has 0 aliphatic heterocycles. The highest BCUT2D eigenvalue weighted by atomic mass is 16.4. The van der Waals surface area contributed by atoms with Crippen LogP contribution < -0.4 is 10.6 Å². The third-order valence-electron chi connectivity index (χ3n) is 1.74. The van der Waals surface area contributed by atoms with E-state index in [9.17, 15) is 9.59 Å². The van der Waals surface area contributed by atoms with Crippen molar-refractivity contribution in [2.45, 2.75) is 39.2 Å². The molecule has 1 unspecified atom stereocenters. The lowest BCUT2D eigenvalue weighted by Gasteiger charge is -2.10. The number of hydrogen-bond donors (Lipinski definition) is 3. The van der Waals surface area contributed by atoms with Gasteiger partial charge in [-0.15, -0.1) is 0 Å². The first-order valence-electron chi connectivity index (χ1n) is 5.29. The molecule has 0 heterocycles. The molecule has 15 heavy (non-hydrogen) atoms. The number of carbonyl (C=O) groups is 2. The Kier molecular flexibility index (Phi) is 14.0. The molecule has 0 bridgehead atoms. The van der Waals surface area contributed by atoms with Crippen LogP contribution in [0.2, 0.25) is 0 Å². The Labute approximate surface area is 91.2 Å². The van der Waals surface area contributed by atoms with Crippen molar-refractivity contribution >= 4 is 12.4 Å². The van der Waals surface area contributed by atoms with Crippen LogP contribution in [0.15, 0.2) is 0 Å². The van der Waals surface area contributed by atoms with Crippen LogP contribution in [0.5, 0.6) is 0 Å². The Hall–Kier alpha value is -1.10. The second-order valence-electron chi connectivity index (χ2n) is 2.77. The van der Waals surface area contributed by atoms with Crippen molar-refractivity contribution < 1.29 is 14.7 Å². The first-order valence-corrected chi connectivity index (χ1v) is 5.29. The van der Waals surface area contributed by atoms with Gasteiger partial charge >= 0.3 is 5.97 Å². The molecule has 0 aromatic carbocycles. The molecule has 1 atom stereocenters. The van der Waals surface area contributed by atoms with Crippen LogP contribution in [0.1, 0.15) is 33.1 Å². The van der Waals surface area contributed by atoms with Crippen molar-refractivity contribution in [3.05, 3.63) is 0 Å². The van der Waals surface area contributed by atoms with Crippen LogP contribution in [0.25, 0.3) is 0 Å². The molecule has 5 nitrogen and oxygen atoms in total. The summed E-state index contributed by atoms with van der Waals surface area (Å²) in [7, 11) is 1.85. The third kappa shape index (κ3) is 10.8. The Morgan fingerprint density at radius 3 is 2.40 bits per heavy atom. The van der Waals surface area contributed by atoms with Crippen molar-refractivity contribution in [1.82, 2.24) is 10.6 Å². The van der Waals surface area contributed by atoms with Gasteiger partial charge in [0.05, 0.1) is 0 Å². The van der Waals surface area contributed by atoms with Crippen LogP contribution >= 0.6 is 0 Å². The maximum absolute atomic E-state index is 10.5. The minimum atomic E-state index is -0.975. The van der Waals surface area contributed by atoms with Gasteiger partial charge < -0.3 is 15.7 Å². The highest BCUT2D eigenvalue weighted by molar-refractivity contribution is 5.76. The lowest BCUT2D eigenvalue weighted by molar-refractivity contribution is -0.140. The van der Waals surface area contributed by atoms with E-state index in [1.807, 2.05) is 20.9 Å². The number of hydrogen-bond acceptors (Lipinski definition) is 3. The van der Waals surface area contributed by atoms with Gasteiger partial charge in [-0.3, -0.25) is 4.79 Å². The van der Waals surface area contributed by atoms with Crippen LogP contribution in [0.3, 0.4) is 0 Å². The molecule has 3 N–H and O–H groups in total. The molecule has 0 fully saturated rings. The number of unbranched alkanes of at least 4 members (excludes halogenated alkanes) is 1. The van der Waals surface area contributed by atoms with E-state index >= 15 is 0 Å². The predicted molar refractivity (Wildman–Crippen MR) is 59.7 cm³/mol. The highest BCUT2D eigenvalue weighted by Gasteiger charge is 2.14. The monoisotopic (exact) mass is 218 g/mol. The number of carbonyl (C=O) groups excluding carboxylic acids is 1. The Morgan fingerprint density at radius 2 is 2.00 bits per heavy atom. The summed E-state index contributed by atoms with van der Waals surface area (Å²) in [5.74, 6) is -0.975. The SMILES string of the molecule is CC.CNCCCCC(NC=O)C(=O)O. The van der Waals surface area contributed by atoms with E-state index in [1.54, 1.807) is 0 Å². The van der Waals surface area contributed by atoms with Gasteiger partial charge in [0.25, 0.3) is 0 Å². The summed E-state index contributed by atoms with van der Waals surface area (Å²) < 4.78 is 0. The molecule has 0 radical (unpaired) electrons. The van der Waals surface area contributed by atoms with Gasteiger partial charge in [-0.25, -0.2) is 4.79 Å². The molecule has 0 rings (SSSR count). The first-order chi connectivity index (χ1) is 7.22. The number of aliphatic carboxylic acids is 1. The van der Waals surface area contributed by atoms with Crippen LogP contribution in [-0.2, 0) is 9.59 Å². The Bertz CT molecular complexity index is 163. The lowest BCUT2D eigenvalue weighted by Crippen LogP contribution is -2.35. The van der Waals surface area contributed by atoms with E-state index < -0.39 is 12.0 Å². The van der Waals surface area contributed by atoms with Gasteiger partial charge in [0.1, 0.15) is 6.04 Å². The average molecular weight is 218 g/mol. The summed E-state index contributed by atoms with van der Waals surface area (Å²) in [4.78, 5) is 20.5. The molecule has 0 aromatic heterocycles. The number of nitrogens with one attached hydrogen (secondary N) is 2. The second-order valence-corrected chi connectivity index (χ2v) is 2.77. The molecule has 0 aromatic rings. The van der Waals surface area contributed by atoms with E-state index in [1.165, 1.54) is 0 Å². The molecule has 0 saturated heterocycles. The molecular weight excluding hydrogens is 196 g/mol. The Balaban J connectivity index is 0. The van der Waals surface area contributed by atoms with Crippen molar-refractivity contribution in [2.75, 3.05) is 13.6 Å². The van der Waals surface area contributed by atoms with Crippen LogP contribution in [-0.4, -0.2) is 37.1 Å². The van der Waals surface area contributed by atoms with E-state index in [0.717, 1.165) is 19.4 Å². The highest BCUT2D eigenvalue weighted by Crippen LogP contribution is 1.99. The number of amides is 1. The Morgan fingerprint density at radius 1 is 1.40 bits per heavy atom. The minimum Gasteiger partial charge on any atom is -0.480 e. The summed E-state index contributed by atoms with van der Waals surface area (Å²) in [6, 6.07) is -0.741. The lowest BCUT2D eigenvalue weighted by atomic mass is 10.1. The normalized spacial score (nSPS) is 10.9. The smallest absolute Gasteiger partial charge is 0.326 e. The summed E-state index contributed by atoms with van der Waals surface area (Å²) in [5, 5.41) is 13.8. The molecule has 0 spiro atoms. The summed E-state index contributed by atoms with van der Waals surface area (Å²) >= 11 is 0. The average Bonchev–Trinajstić information content (AvgIpc) is 2.25. The maximum atomic E-state index is 10.5. The van der Waals surface area contributed by atoms with Gasteiger partial charge in [0.2, 0.25) is 6.41 Å². The fourth-order valence-electron chi connectivity index (χ4n) is 1.01. The fourth-order valence-corrected chi connectivity index (χ4v) is 1.01. The zero-order valence-electron chi connectivity index (χ0n) is 9.75. The molecular formula is C10H22N2O3. The van der Waals surface area contributed by atoms with Gasteiger partial charge in [0, 0.05) is 0 Å². The van der Waals surface area contributed by atoms with Crippen LogP contribution in [0.4, 0.5) is 0 Å². The zero-order valence-corrected chi connectivity index (χ0v) is 9.75. The summed E-state index contributed by atoms with van der Waals surface area (Å²) in [6.07, 6.45) is 2.62. The minimum absolute atomic E-state index is 0.427.